The van der Waals surface area contributed by atoms with E-state index in [1.54, 1.807) is 18.2 Å². The molecule has 0 spiro atoms. The van der Waals surface area contributed by atoms with Gasteiger partial charge in [-0.3, -0.25) is 4.79 Å². The Bertz CT molecular complexity index is 987. The number of anilines is 1. The van der Waals surface area contributed by atoms with E-state index in [1.807, 2.05) is 27.7 Å². The molecule has 0 aromatic heterocycles. The number of nitrogens with zero attached hydrogens (tertiary/aromatic N) is 1. The number of phenols is 1. The highest BCUT2D eigenvalue weighted by Gasteiger charge is 2.30. The van der Waals surface area contributed by atoms with Crippen molar-refractivity contribution in [2.45, 2.75) is 45.7 Å². The lowest BCUT2D eigenvalue weighted by molar-refractivity contribution is -0.137. The molecule has 1 amide bonds. The number of carbonyl (C=O) groups is 1. The lowest BCUT2D eigenvalue weighted by Crippen LogP contribution is -2.14. The molecule has 2 aromatic rings. The third-order valence-corrected chi connectivity index (χ3v) is 4.56. The number of nitriles is 1. The number of benzene rings is 2. The lowest BCUT2D eigenvalue weighted by Gasteiger charge is -2.16. The fraction of sp³-hybridized carbons (Fsp3) is 0.304. The van der Waals surface area contributed by atoms with Crippen molar-refractivity contribution in [3.63, 3.8) is 0 Å². The Hall–Kier alpha value is -3.27. The summed E-state index contributed by atoms with van der Waals surface area (Å²) in [5.74, 6) is -0.605. The van der Waals surface area contributed by atoms with E-state index >= 15 is 0 Å². The molecule has 0 aliphatic carbocycles. The summed E-state index contributed by atoms with van der Waals surface area (Å²) in [6, 6.07) is 9.38. The van der Waals surface area contributed by atoms with E-state index in [9.17, 15) is 28.3 Å². The molecule has 4 nitrogen and oxygen atoms in total. The number of rotatable bonds is 5. The molecule has 0 saturated carbocycles. The van der Waals surface area contributed by atoms with Gasteiger partial charge in [-0.05, 0) is 64.9 Å². The number of aromatic hydroxyl groups is 1. The molecule has 30 heavy (non-hydrogen) atoms. The Balaban J connectivity index is 2.40. The van der Waals surface area contributed by atoms with Gasteiger partial charge >= 0.3 is 6.18 Å². The average Bonchev–Trinajstić information content (AvgIpc) is 2.66. The molecule has 2 rings (SSSR count). The average molecular weight is 416 g/mol. The molecule has 0 unspecified atom stereocenters. The van der Waals surface area contributed by atoms with Crippen LogP contribution in [0.25, 0.3) is 6.08 Å². The van der Waals surface area contributed by atoms with Gasteiger partial charge in [0.05, 0.1) is 5.56 Å². The summed E-state index contributed by atoms with van der Waals surface area (Å²) in [5, 5.41) is 22.2. The van der Waals surface area contributed by atoms with E-state index in [0.29, 0.717) is 16.7 Å². The van der Waals surface area contributed by atoms with E-state index in [-0.39, 0.29) is 28.8 Å². The van der Waals surface area contributed by atoms with Crippen LogP contribution in [0.3, 0.4) is 0 Å². The normalized spacial score (nSPS) is 12.2. The van der Waals surface area contributed by atoms with Crippen molar-refractivity contribution in [3.8, 4) is 11.8 Å². The van der Waals surface area contributed by atoms with Gasteiger partial charge in [-0.15, -0.1) is 0 Å². The Morgan fingerprint density at radius 3 is 2.13 bits per heavy atom. The highest BCUT2D eigenvalue weighted by atomic mass is 19.4. The van der Waals surface area contributed by atoms with Gasteiger partial charge < -0.3 is 10.4 Å². The van der Waals surface area contributed by atoms with Gasteiger partial charge in [0.1, 0.15) is 17.4 Å². The highest BCUT2D eigenvalue weighted by Crippen LogP contribution is 2.35. The molecule has 0 bridgehead atoms. The number of halogens is 3. The second-order valence-corrected chi connectivity index (χ2v) is 7.56. The van der Waals surface area contributed by atoms with Gasteiger partial charge in [-0.25, -0.2) is 0 Å². The van der Waals surface area contributed by atoms with Gasteiger partial charge in [-0.1, -0.05) is 33.8 Å². The largest absolute Gasteiger partial charge is 0.507 e. The molecule has 0 aliphatic rings. The van der Waals surface area contributed by atoms with E-state index in [4.69, 9.17) is 0 Å². The van der Waals surface area contributed by atoms with Crippen LogP contribution in [-0.2, 0) is 11.0 Å². The van der Waals surface area contributed by atoms with Gasteiger partial charge in [-0.2, -0.15) is 18.4 Å². The SMILES string of the molecule is CC(C)c1cc(/C=C(\C#N)C(=O)Nc2cccc(C(F)(F)F)c2)cc(C(C)C)c1O. The number of amides is 1. The fourth-order valence-electron chi connectivity index (χ4n) is 2.95. The first-order chi connectivity index (χ1) is 13.9. The van der Waals surface area contributed by atoms with Crippen molar-refractivity contribution in [1.29, 1.82) is 5.26 Å². The molecule has 0 atom stereocenters. The standard InChI is InChI=1S/C23H23F3N2O2/c1-13(2)19-9-15(10-20(14(3)4)21(19)29)8-16(12-27)22(30)28-18-7-5-6-17(11-18)23(24,25)26/h5-11,13-14,29H,1-4H3,(H,28,30)/b16-8+. The first kappa shape index (κ1) is 23.0. The summed E-state index contributed by atoms with van der Waals surface area (Å²) in [7, 11) is 0. The quantitative estimate of drug-likeness (QED) is 0.450. The fourth-order valence-corrected chi connectivity index (χ4v) is 2.95. The van der Waals surface area contributed by atoms with Crippen LogP contribution in [0, 0.1) is 11.3 Å². The topological polar surface area (TPSA) is 73.1 Å². The van der Waals surface area contributed by atoms with Crippen molar-refractivity contribution in [1.82, 2.24) is 0 Å². The molecule has 158 valence electrons. The van der Waals surface area contributed by atoms with Crippen LogP contribution < -0.4 is 5.32 Å². The molecule has 2 aromatic carbocycles. The van der Waals surface area contributed by atoms with Crippen LogP contribution in [0.15, 0.2) is 42.0 Å². The first-order valence-electron chi connectivity index (χ1n) is 9.41. The van der Waals surface area contributed by atoms with Crippen LogP contribution in [0.5, 0.6) is 5.75 Å². The van der Waals surface area contributed by atoms with Crippen molar-refractivity contribution in [2.75, 3.05) is 5.32 Å². The number of phenolic OH excluding ortho intramolecular Hbond substituents is 1. The Kier molecular flexibility index (Phi) is 6.93. The number of hydrogen-bond acceptors (Lipinski definition) is 3. The third kappa shape index (κ3) is 5.41. The Morgan fingerprint density at radius 2 is 1.67 bits per heavy atom. The lowest BCUT2D eigenvalue weighted by atomic mass is 9.91. The molecule has 0 fully saturated rings. The summed E-state index contributed by atoms with van der Waals surface area (Å²) in [5.41, 5.74) is 0.696. The van der Waals surface area contributed by atoms with Crippen LogP contribution in [0.2, 0.25) is 0 Å². The maximum absolute atomic E-state index is 12.9. The summed E-state index contributed by atoms with van der Waals surface area (Å²) >= 11 is 0. The zero-order valence-electron chi connectivity index (χ0n) is 17.1. The molecule has 2 N–H and O–H groups in total. The van der Waals surface area contributed by atoms with E-state index in [0.717, 1.165) is 12.1 Å². The Labute approximate surface area is 173 Å². The molecule has 0 radical (unpaired) electrons. The van der Waals surface area contributed by atoms with Gasteiger partial charge in [0.2, 0.25) is 0 Å². The number of alkyl halides is 3. The van der Waals surface area contributed by atoms with Crippen LogP contribution in [-0.4, -0.2) is 11.0 Å². The molecule has 0 aliphatic heterocycles. The van der Waals surface area contributed by atoms with Crippen molar-refractivity contribution >= 4 is 17.7 Å². The molecular formula is C23H23F3N2O2. The van der Waals surface area contributed by atoms with E-state index in [2.05, 4.69) is 5.32 Å². The molecule has 7 heteroatoms. The minimum absolute atomic E-state index is 0.0142. The minimum atomic E-state index is -4.54. The zero-order chi connectivity index (χ0) is 22.6. The second kappa shape index (κ2) is 9.04. The predicted octanol–water partition coefficient (Wildman–Crippen LogP) is 6.20. The Morgan fingerprint density at radius 1 is 1.10 bits per heavy atom. The minimum Gasteiger partial charge on any atom is -0.507 e. The van der Waals surface area contributed by atoms with Gasteiger partial charge in [0.25, 0.3) is 5.91 Å². The van der Waals surface area contributed by atoms with Crippen molar-refractivity contribution < 1.29 is 23.1 Å². The maximum atomic E-state index is 12.9. The summed E-state index contributed by atoms with van der Waals surface area (Å²) < 4.78 is 38.6. The van der Waals surface area contributed by atoms with Crippen LogP contribution in [0.4, 0.5) is 18.9 Å². The number of nitrogens with one attached hydrogen (secondary N) is 1. The smallest absolute Gasteiger partial charge is 0.416 e. The number of hydrogen-bond donors (Lipinski definition) is 2. The van der Waals surface area contributed by atoms with Crippen molar-refractivity contribution in [2.24, 2.45) is 0 Å². The molecule has 0 heterocycles. The zero-order valence-corrected chi connectivity index (χ0v) is 17.1. The van der Waals surface area contributed by atoms with E-state index < -0.39 is 17.6 Å². The van der Waals surface area contributed by atoms with Crippen molar-refractivity contribution in [3.05, 3.63) is 64.2 Å². The summed E-state index contributed by atoms with van der Waals surface area (Å²) in [6.07, 6.45) is -3.18. The van der Waals surface area contributed by atoms with Gasteiger partial charge in [0, 0.05) is 5.69 Å². The van der Waals surface area contributed by atoms with Gasteiger partial charge in [0.15, 0.2) is 0 Å². The first-order valence-corrected chi connectivity index (χ1v) is 9.41. The predicted molar refractivity (Wildman–Crippen MR) is 110 cm³/mol. The summed E-state index contributed by atoms with van der Waals surface area (Å²) in [6.45, 7) is 7.66. The van der Waals surface area contributed by atoms with Crippen LogP contribution in [0.1, 0.15) is 61.8 Å². The highest BCUT2D eigenvalue weighted by molar-refractivity contribution is 6.09. The van der Waals surface area contributed by atoms with Crippen LogP contribution >= 0.6 is 0 Å². The molecular weight excluding hydrogens is 393 g/mol. The second-order valence-electron chi connectivity index (χ2n) is 7.56. The molecule has 0 saturated heterocycles. The number of carbonyl (C=O) groups excluding carboxylic acids is 1. The summed E-state index contributed by atoms with van der Waals surface area (Å²) in [4.78, 5) is 12.5. The third-order valence-electron chi connectivity index (χ3n) is 4.56. The van der Waals surface area contributed by atoms with E-state index in [1.165, 1.54) is 18.2 Å². The monoisotopic (exact) mass is 416 g/mol. The maximum Gasteiger partial charge on any atom is 0.416 e.